The summed E-state index contributed by atoms with van der Waals surface area (Å²) in [5, 5.41) is 0.301. The Morgan fingerprint density at radius 2 is 2.07 bits per heavy atom. The van der Waals surface area contributed by atoms with Gasteiger partial charge in [0.15, 0.2) is 0 Å². The monoisotopic (exact) mass is 338 g/mol. The zero-order valence-electron chi connectivity index (χ0n) is 6.78. The summed E-state index contributed by atoms with van der Waals surface area (Å²) in [6.45, 7) is 0. The van der Waals surface area contributed by atoms with Gasteiger partial charge in [0, 0.05) is 0 Å². The molecule has 6 heteroatoms. The van der Waals surface area contributed by atoms with Gasteiger partial charge in [-0.1, -0.05) is 23.7 Å². The Labute approximate surface area is 104 Å². The van der Waals surface area contributed by atoms with Gasteiger partial charge in [-0.2, -0.15) is 4.37 Å². The van der Waals surface area contributed by atoms with Crippen LogP contribution in [0.4, 0.5) is 0 Å². The first-order valence-corrected chi connectivity index (χ1v) is 5.86. The van der Waals surface area contributed by atoms with E-state index in [-0.39, 0.29) is 0 Å². The highest BCUT2D eigenvalue weighted by atomic mass is 127. The van der Waals surface area contributed by atoms with E-state index in [4.69, 9.17) is 16.3 Å². The van der Waals surface area contributed by atoms with Crippen LogP contribution in [0.25, 0.3) is 0 Å². The molecule has 1 heterocycles. The van der Waals surface area contributed by atoms with Gasteiger partial charge in [-0.3, -0.25) is 0 Å². The minimum Gasteiger partial charge on any atom is -0.435 e. The van der Waals surface area contributed by atoms with Crippen molar-refractivity contribution >= 4 is 45.9 Å². The summed E-state index contributed by atoms with van der Waals surface area (Å²) in [6.07, 6.45) is 0. The molecule has 0 radical (unpaired) electrons. The molecule has 0 aliphatic rings. The van der Waals surface area contributed by atoms with E-state index in [1.807, 2.05) is 24.3 Å². The summed E-state index contributed by atoms with van der Waals surface area (Å²) < 4.78 is 14.2. The Hall–Kier alpha value is -0.400. The molecule has 2 rings (SSSR count). The highest BCUT2D eigenvalue weighted by Crippen LogP contribution is 2.29. The summed E-state index contributed by atoms with van der Waals surface area (Å²) in [6, 6.07) is 7.64. The lowest BCUT2D eigenvalue weighted by atomic mass is 10.3. The fourth-order valence-electron chi connectivity index (χ4n) is 0.862. The zero-order chi connectivity index (χ0) is 9.97. The van der Waals surface area contributed by atoms with Gasteiger partial charge < -0.3 is 4.74 Å². The topological polar surface area (TPSA) is 35.0 Å². The van der Waals surface area contributed by atoms with Crippen LogP contribution in [-0.4, -0.2) is 8.75 Å². The van der Waals surface area contributed by atoms with Crippen molar-refractivity contribution in [2.24, 2.45) is 0 Å². The number of para-hydroxylation sites is 1. The zero-order valence-corrected chi connectivity index (χ0v) is 10.5. The predicted molar refractivity (Wildman–Crippen MR) is 64.2 cm³/mol. The quantitative estimate of drug-likeness (QED) is 0.785. The van der Waals surface area contributed by atoms with E-state index in [0.717, 1.165) is 21.0 Å². The Kier molecular flexibility index (Phi) is 3.19. The number of halogens is 2. The highest BCUT2D eigenvalue weighted by Gasteiger charge is 2.09. The molecular formula is C8H4ClIN2OS. The van der Waals surface area contributed by atoms with E-state index in [1.165, 1.54) is 0 Å². The van der Waals surface area contributed by atoms with Crippen LogP contribution in [0.5, 0.6) is 11.6 Å². The van der Waals surface area contributed by atoms with Crippen LogP contribution < -0.4 is 4.74 Å². The van der Waals surface area contributed by atoms with Crippen molar-refractivity contribution < 1.29 is 4.74 Å². The van der Waals surface area contributed by atoms with Gasteiger partial charge >= 0.3 is 0 Å². The third-order valence-corrected chi connectivity index (χ3v) is 3.21. The maximum atomic E-state index is 5.75. The van der Waals surface area contributed by atoms with Crippen molar-refractivity contribution in [1.29, 1.82) is 0 Å². The van der Waals surface area contributed by atoms with Crippen molar-refractivity contribution in [3.05, 3.63) is 33.0 Å². The summed E-state index contributed by atoms with van der Waals surface area (Å²) in [7, 11) is 0. The molecule has 3 nitrogen and oxygen atoms in total. The molecule has 2 aromatic rings. The van der Waals surface area contributed by atoms with Crippen molar-refractivity contribution in [3.63, 3.8) is 0 Å². The van der Waals surface area contributed by atoms with Crippen LogP contribution in [0.15, 0.2) is 24.3 Å². The van der Waals surface area contributed by atoms with Gasteiger partial charge in [0.2, 0.25) is 5.15 Å². The van der Waals surface area contributed by atoms with Gasteiger partial charge in [0.05, 0.1) is 15.3 Å². The van der Waals surface area contributed by atoms with E-state index in [1.54, 1.807) is 0 Å². The van der Waals surface area contributed by atoms with E-state index in [0.29, 0.717) is 11.0 Å². The molecule has 0 fully saturated rings. The first kappa shape index (κ1) is 10.1. The van der Waals surface area contributed by atoms with Crippen LogP contribution in [-0.2, 0) is 0 Å². The van der Waals surface area contributed by atoms with Gasteiger partial charge in [-0.25, -0.2) is 0 Å². The van der Waals surface area contributed by atoms with E-state index in [9.17, 15) is 0 Å². The Bertz CT molecular complexity index is 448. The lowest BCUT2D eigenvalue weighted by Gasteiger charge is -2.03. The van der Waals surface area contributed by atoms with Crippen LogP contribution in [0.2, 0.25) is 5.15 Å². The molecule has 0 saturated heterocycles. The Balaban J connectivity index is 2.28. The fourth-order valence-corrected chi connectivity index (χ4v) is 1.97. The maximum Gasteiger partial charge on any atom is 0.270 e. The molecule has 0 atom stereocenters. The fraction of sp³-hybridized carbons (Fsp3) is 0. The lowest BCUT2D eigenvalue weighted by molar-refractivity contribution is 0.465. The van der Waals surface area contributed by atoms with Crippen molar-refractivity contribution in [2.75, 3.05) is 0 Å². The molecule has 1 aromatic heterocycles. The second kappa shape index (κ2) is 4.41. The summed E-state index contributed by atoms with van der Waals surface area (Å²) >= 11 is 8.97. The standard InChI is InChI=1S/C8H4ClIN2OS/c9-7-8(12-14-11-7)13-6-4-2-1-3-5(6)10/h1-4H. The first-order chi connectivity index (χ1) is 6.77. The van der Waals surface area contributed by atoms with Crippen molar-refractivity contribution in [3.8, 4) is 11.6 Å². The second-order valence-corrected chi connectivity index (χ2v) is 4.44. The van der Waals surface area contributed by atoms with E-state index < -0.39 is 0 Å². The molecule has 0 aliphatic heterocycles. The average molecular weight is 339 g/mol. The minimum absolute atomic E-state index is 0.301. The third-order valence-electron chi connectivity index (χ3n) is 1.46. The molecule has 0 N–H and O–H groups in total. The number of ether oxygens (including phenoxy) is 1. The molecule has 0 saturated carbocycles. The molecule has 0 bridgehead atoms. The SMILES string of the molecule is Clc1nsnc1Oc1ccccc1I. The van der Waals surface area contributed by atoms with Crippen molar-refractivity contribution in [2.45, 2.75) is 0 Å². The van der Waals surface area contributed by atoms with Gasteiger partial charge in [0.1, 0.15) is 5.75 Å². The highest BCUT2D eigenvalue weighted by molar-refractivity contribution is 14.1. The summed E-state index contributed by atoms with van der Waals surface area (Å²) in [5.41, 5.74) is 0. The van der Waals surface area contributed by atoms with Crippen LogP contribution in [0.1, 0.15) is 0 Å². The van der Waals surface area contributed by atoms with Crippen LogP contribution >= 0.6 is 45.9 Å². The second-order valence-electron chi connectivity index (χ2n) is 2.39. The van der Waals surface area contributed by atoms with Gasteiger partial charge in [-0.05, 0) is 34.7 Å². The number of rotatable bonds is 2. The molecule has 0 spiro atoms. The lowest BCUT2D eigenvalue weighted by Crippen LogP contribution is -1.87. The van der Waals surface area contributed by atoms with Crippen LogP contribution in [0.3, 0.4) is 0 Å². The van der Waals surface area contributed by atoms with Gasteiger partial charge in [0.25, 0.3) is 5.88 Å². The number of nitrogens with zero attached hydrogens (tertiary/aromatic N) is 2. The summed E-state index contributed by atoms with van der Waals surface area (Å²) in [5.74, 6) is 1.10. The Morgan fingerprint density at radius 1 is 1.29 bits per heavy atom. The molecular weight excluding hydrogens is 335 g/mol. The first-order valence-electron chi connectivity index (χ1n) is 3.68. The number of aromatic nitrogens is 2. The Morgan fingerprint density at radius 3 is 2.71 bits per heavy atom. The van der Waals surface area contributed by atoms with E-state index >= 15 is 0 Å². The third kappa shape index (κ3) is 2.15. The predicted octanol–water partition coefficient (Wildman–Crippen LogP) is 3.59. The minimum atomic E-state index is 0.301. The average Bonchev–Trinajstić information content (AvgIpc) is 2.56. The van der Waals surface area contributed by atoms with Crippen LogP contribution in [0, 0.1) is 3.57 Å². The largest absolute Gasteiger partial charge is 0.435 e. The molecule has 14 heavy (non-hydrogen) atoms. The van der Waals surface area contributed by atoms with E-state index in [2.05, 4.69) is 31.3 Å². The molecule has 72 valence electrons. The van der Waals surface area contributed by atoms with Gasteiger partial charge in [-0.15, -0.1) is 4.37 Å². The number of benzene rings is 1. The smallest absolute Gasteiger partial charge is 0.270 e. The molecule has 1 aromatic carbocycles. The molecule has 0 aliphatic carbocycles. The maximum absolute atomic E-state index is 5.75. The normalized spacial score (nSPS) is 10.1. The number of hydrogen-bond donors (Lipinski definition) is 0. The van der Waals surface area contributed by atoms with Crippen molar-refractivity contribution in [1.82, 2.24) is 8.75 Å². The molecule has 0 amide bonds. The summed E-state index contributed by atoms with van der Waals surface area (Å²) in [4.78, 5) is 0. The number of hydrogen-bond acceptors (Lipinski definition) is 4. The molecule has 0 unspecified atom stereocenters.